The fourth-order valence-corrected chi connectivity index (χ4v) is 2.19. The molecule has 0 spiro atoms. The molecule has 2 nitrogen and oxygen atoms in total. The lowest BCUT2D eigenvalue weighted by Crippen LogP contribution is -2.01. The van der Waals surface area contributed by atoms with Crippen molar-refractivity contribution in [1.82, 2.24) is 9.78 Å². The lowest BCUT2D eigenvalue weighted by Gasteiger charge is -1.98. The van der Waals surface area contributed by atoms with Crippen molar-refractivity contribution in [3.8, 4) is 0 Å². The Morgan fingerprint density at radius 1 is 1.55 bits per heavy atom. The van der Waals surface area contributed by atoms with Crippen molar-refractivity contribution in [2.24, 2.45) is 5.92 Å². The van der Waals surface area contributed by atoms with Gasteiger partial charge in [-0.2, -0.15) is 5.10 Å². The number of rotatable bonds is 2. The van der Waals surface area contributed by atoms with Crippen LogP contribution in [0.15, 0.2) is 15.3 Å². The molecular formula is C7H8Br2N2. The second-order valence-electron chi connectivity index (χ2n) is 2.92. The van der Waals surface area contributed by atoms with Gasteiger partial charge in [0.15, 0.2) is 0 Å². The Balaban J connectivity index is 2.14. The van der Waals surface area contributed by atoms with Gasteiger partial charge in [-0.3, -0.25) is 4.68 Å². The first-order chi connectivity index (χ1) is 5.25. The summed E-state index contributed by atoms with van der Waals surface area (Å²) in [4.78, 5) is 0. The van der Waals surface area contributed by atoms with Gasteiger partial charge in [0.25, 0.3) is 0 Å². The molecular weight excluding hydrogens is 272 g/mol. The third-order valence-electron chi connectivity index (χ3n) is 1.83. The lowest BCUT2D eigenvalue weighted by molar-refractivity contribution is 0.550. The summed E-state index contributed by atoms with van der Waals surface area (Å²) in [6.07, 6.45) is 2.73. The second-order valence-corrected chi connectivity index (χ2v) is 4.54. The van der Waals surface area contributed by atoms with E-state index in [4.69, 9.17) is 0 Å². The first-order valence-corrected chi connectivity index (χ1v) is 5.23. The molecule has 0 unspecified atom stereocenters. The molecule has 0 saturated heterocycles. The van der Waals surface area contributed by atoms with Gasteiger partial charge < -0.3 is 0 Å². The highest BCUT2D eigenvalue weighted by molar-refractivity contribution is 9.11. The van der Waals surface area contributed by atoms with E-state index in [2.05, 4.69) is 37.0 Å². The molecule has 1 aromatic rings. The minimum atomic E-state index is 0.873. The van der Waals surface area contributed by atoms with Gasteiger partial charge in [-0.05, 0) is 50.6 Å². The van der Waals surface area contributed by atoms with Crippen molar-refractivity contribution in [2.75, 3.05) is 0 Å². The van der Waals surface area contributed by atoms with Gasteiger partial charge in [0.2, 0.25) is 0 Å². The average molecular weight is 280 g/mol. The van der Waals surface area contributed by atoms with Crippen molar-refractivity contribution in [3.63, 3.8) is 0 Å². The lowest BCUT2D eigenvalue weighted by atomic mass is 10.4. The summed E-state index contributed by atoms with van der Waals surface area (Å²) < 4.78 is 3.98. The van der Waals surface area contributed by atoms with Crippen molar-refractivity contribution >= 4 is 31.9 Å². The quantitative estimate of drug-likeness (QED) is 0.814. The van der Waals surface area contributed by atoms with E-state index >= 15 is 0 Å². The molecule has 0 atom stereocenters. The topological polar surface area (TPSA) is 17.8 Å². The molecule has 1 aliphatic rings. The van der Waals surface area contributed by atoms with Crippen LogP contribution in [-0.4, -0.2) is 9.78 Å². The Morgan fingerprint density at radius 2 is 2.27 bits per heavy atom. The third-order valence-corrected chi connectivity index (χ3v) is 2.85. The molecule has 0 amide bonds. The van der Waals surface area contributed by atoms with Gasteiger partial charge >= 0.3 is 0 Å². The Kier molecular flexibility index (Phi) is 2.06. The van der Waals surface area contributed by atoms with Crippen LogP contribution in [0.3, 0.4) is 0 Å². The van der Waals surface area contributed by atoms with Crippen molar-refractivity contribution in [3.05, 3.63) is 15.3 Å². The summed E-state index contributed by atoms with van der Waals surface area (Å²) in [5, 5.41) is 4.28. The highest BCUT2D eigenvalue weighted by atomic mass is 79.9. The van der Waals surface area contributed by atoms with Gasteiger partial charge in [0.05, 0.1) is 0 Å². The largest absolute Gasteiger partial charge is 0.257 e. The maximum atomic E-state index is 4.28. The van der Waals surface area contributed by atoms with E-state index in [9.17, 15) is 0 Å². The van der Waals surface area contributed by atoms with Crippen LogP contribution in [0.5, 0.6) is 0 Å². The van der Waals surface area contributed by atoms with Gasteiger partial charge in [-0.25, -0.2) is 0 Å². The zero-order chi connectivity index (χ0) is 7.84. The zero-order valence-electron chi connectivity index (χ0n) is 5.93. The second kappa shape index (κ2) is 2.90. The maximum absolute atomic E-state index is 4.28. The van der Waals surface area contributed by atoms with Crippen molar-refractivity contribution in [1.29, 1.82) is 0 Å². The molecule has 60 valence electrons. The average Bonchev–Trinajstić information content (AvgIpc) is 2.64. The molecule has 0 N–H and O–H groups in total. The van der Waals surface area contributed by atoms with Crippen molar-refractivity contribution in [2.45, 2.75) is 19.4 Å². The number of hydrogen-bond acceptors (Lipinski definition) is 1. The Hall–Kier alpha value is 0.170. The van der Waals surface area contributed by atoms with Crippen LogP contribution in [0.25, 0.3) is 0 Å². The van der Waals surface area contributed by atoms with Crippen LogP contribution in [-0.2, 0) is 6.54 Å². The van der Waals surface area contributed by atoms with Crippen LogP contribution in [0.1, 0.15) is 12.8 Å². The molecule has 1 aromatic heterocycles. The Bertz CT molecular complexity index is 265. The van der Waals surface area contributed by atoms with Crippen LogP contribution >= 0.6 is 31.9 Å². The normalized spacial score (nSPS) is 17.3. The van der Waals surface area contributed by atoms with E-state index in [0.29, 0.717) is 0 Å². The number of aromatic nitrogens is 2. The first-order valence-electron chi connectivity index (χ1n) is 3.64. The summed E-state index contributed by atoms with van der Waals surface area (Å²) in [5.41, 5.74) is 0. The van der Waals surface area contributed by atoms with E-state index in [0.717, 1.165) is 21.7 Å². The fraction of sp³-hybridized carbons (Fsp3) is 0.571. The molecule has 1 aliphatic carbocycles. The van der Waals surface area contributed by atoms with Gasteiger partial charge in [-0.15, -0.1) is 0 Å². The van der Waals surface area contributed by atoms with Crippen LogP contribution < -0.4 is 0 Å². The Morgan fingerprint density at radius 3 is 2.73 bits per heavy atom. The molecule has 4 heteroatoms. The minimum Gasteiger partial charge on any atom is -0.257 e. The predicted molar refractivity (Wildman–Crippen MR) is 50.4 cm³/mol. The van der Waals surface area contributed by atoms with E-state index < -0.39 is 0 Å². The molecule has 1 heterocycles. The number of hydrogen-bond donors (Lipinski definition) is 0. The molecule has 1 saturated carbocycles. The smallest absolute Gasteiger partial charge is 0.129 e. The van der Waals surface area contributed by atoms with Crippen LogP contribution in [0.2, 0.25) is 0 Å². The SMILES string of the molecule is Brc1cc(Br)n(CC2CC2)n1. The summed E-state index contributed by atoms with van der Waals surface area (Å²) in [5.74, 6) is 0.873. The summed E-state index contributed by atoms with van der Waals surface area (Å²) in [6, 6.07) is 1.97. The predicted octanol–water partition coefficient (Wildman–Crippen LogP) is 2.82. The first kappa shape index (κ1) is 7.80. The summed E-state index contributed by atoms with van der Waals surface area (Å²) >= 11 is 6.78. The molecule has 0 bridgehead atoms. The third kappa shape index (κ3) is 1.85. The zero-order valence-corrected chi connectivity index (χ0v) is 9.10. The van der Waals surface area contributed by atoms with Gasteiger partial charge in [0.1, 0.15) is 9.21 Å². The molecule has 11 heavy (non-hydrogen) atoms. The van der Waals surface area contributed by atoms with E-state index in [-0.39, 0.29) is 0 Å². The van der Waals surface area contributed by atoms with E-state index in [1.165, 1.54) is 12.8 Å². The highest BCUT2D eigenvalue weighted by Gasteiger charge is 2.22. The highest BCUT2D eigenvalue weighted by Crippen LogP contribution is 2.31. The van der Waals surface area contributed by atoms with E-state index in [1.54, 1.807) is 0 Å². The fourth-order valence-electron chi connectivity index (χ4n) is 1.04. The standard InChI is InChI=1S/C7H8Br2N2/c8-6-3-7(9)11(10-6)4-5-1-2-5/h3,5H,1-2,4H2. The molecule has 0 radical (unpaired) electrons. The minimum absolute atomic E-state index is 0.873. The van der Waals surface area contributed by atoms with Gasteiger partial charge in [-0.1, -0.05) is 0 Å². The van der Waals surface area contributed by atoms with E-state index in [1.807, 2.05) is 10.7 Å². The molecule has 0 aromatic carbocycles. The van der Waals surface area contributed by atoms with Crippen LogP contribution in [0.4, 0.5) is 0 Å². The monoisotopic (exact) mass is 278 g/mol. The molecule has 1 fully saturated rings. The maximum Gasteiger partial charge on any atom is 0.129 e. The summed E-state index contributed by atoms with van der Waals surface area (Å²) in [6.45, 7) is 1.06. The number of halogens is 2. The Labute approximate surface area is 82.2 Å². The molecule has 2 rings (SSSR count). The molecule has 0 aliphatic heterocycles. The van der Waals surface area contributed by atoms with Crippen LogP contribution in [0, 0.1) is 5.92 Å². The van der Waals surface area contributed by atoms with Crippen molar-refractivity contribution < 1.29 is 0 Å². The number of nitrogens with zero attached hydrogens (tertiary/aromatic N) is 2. The summed E-state index contributed by atoms with van der Waals surface area (Å²) in [7, 11) is 0. The van der Waals surface area contributed by atoms with Gasteiger partial charge in [0, 0.05) is 12.6 Å².